The molecule has 0 spiro atoms. The number of nitrogens with one attached hydrogen (secondary N) is 1. The lowest BCUT2D eigenvalue weighted by Crippen LogP contribution is -2.37. The van der Waals surface area contributed by atoms with Gasteiger partial charge in [-0.05, 0) is 38.5 Å². The number of hydrogen-bond acceptors (Lipinski definition) is 4. The van der Waals surface area contributed by atoms with Gasteiger partial charge in [0.25, 0.3) is 0 Å². The van der Waals surface area contributed by atoms with Crippen LogP contribution in [0.3, 0.4) is 0 Å². The lowest BCUT2D eigenvalue weighted by molar-refractivity contribution is 0.429. The lowest BCUT2D eigenvalue weighted by atomic mass is 10.1. The van der Waals surface area contributed by atoms with Crippen LogP contribution in [0.4, 0.5) is 0 Å². The molecule has 0 aliphatic carbocycles. The van der Waals surface area contributed by atoms with Gasteiger partial charge in [0, 0.05) is 24.9 Å². The Hall–Kier alpha value is -0.680. The average molecular weight is 344 g/mol. The zero-order chi connectivity index (χ0) is 15.5. The van der Waals surface area contributed by atoms with E-state index in [0.29, 0.717) is 10.0 Å². The number of nitrogens with zero attached hydrogens (tertiary/aromatic N) is 2. The van der Waals surface area contributed by atoms with Crippen LogP contribution in [0.2, 0.25) is 10.0 Å². The molecule has 114 valence electrons. The molecule has 21 heavy (non-hydrogen) atoms. The van der Waals surface area contributed by atoms with Crippen molar-refractivity contribution in [1.29, 1.82) is 0 Å². The van der Waals surface area contributed by atoms with Gasteiger partial charge in [0.15, 0.2) is 0 Å². The summed E-state index contributed by atoms with van der Waals surface area (Å²) in [5.41, 5.74) is 1.23. The molecule has 1 heterocycles. The second-order valence-corrected chi connectivity index (χ2v) is 7.90. The van der Waals surface area contributed by atoms with Crippen LogP contribution >= 0.6 is 34.5 Å². The van der Waals surface area contributed by atoms with Crippen LogP contribution in [0, 0.1) is 0 Å². The fourth-order valence-electron chi connectivity index (χ4n) is 1.83. The maximum absolute atomic E-state index is 6.02. The molecule has 0 fully saturated rings. The molecule has 3 nitrogen and oxygen atoms in total. The minimum atomic E-state index is 0.133. The second-order valence-electron chi connectivity index (χ2n) is 5.94. The van der Waals surface area contributed by atoms with E-state index in [2.05, 4.69) is 36.3 Å². The van der Waals surface area contributed by atoms with E-state index in [1.54, 1.807) is 11.3 Å². The van der Waals surface area contributed by atoms with Gasteiger partial charge in [-0.25, -0.2) is 0 Å². The lowest BCUT2D eigenvalue weighted by Gasteiger charge is -2.19. The molecule has 0 unspecified atom stereocenters. The fraction of sp³-hybridized carbons (Fsp3) is 0.467. The smallest absolute Gasteiger partial charge is 0.121 e. The normalized spacial score (nSPS) is 11.9. The summed E-state index contributed by atoms with van der Waals surface area (Å²) >= 11 is 13.6. The van der Waals surface area contributed by atoms with Crippen LogP contribution in [-0.2, 0) is 12.8 Å². The summed E-state index contributed by atoms with van der Waals surface area (Å²) in [5, 5.41) is 15.1. The molecule has 0 aliphatic heterocycles. The number of rotatable bonds is 5. The van der Waals surface area contributed by atoms with Crippen molar-refractivity contribution in [2.45, 2.75) is 39.2 Å². The Labute approximate surface area is 139 Å². The highest BCUT2D eigenvalue weighted by molar-refractivity contribution is 7.11. The number of halogens is 2. The van der Waals surface area contributed by atoms with Gasteiger partial charge in [-0.3, -0.25) is 0 Å². The van der Waals surface area contributed by atoms with Crippen molar-refractivity contribution in [3.05, 3.63) is 43.8 Å². The van der Waals surface area contributed by atoms with E-state index < -0.39 is 0 Å². The largest absolute Gasteiger partial charge is 0.312 e. The first-order valence-electron chi connectivity index (χ1n) is 6.84. The highest BCUT2D eigenvalue weighted by Crippen LogP contribution is 2.24. The molecule has 0 aliphatic rings. The first-order chi connectivity index (χ1) is 9.83. The molecule has 1 N–H and O–H groups in total. The number of hydrogen-bond donors (Lipinski definition) is 1. The molecular formula is C15H19Cl2N3S. The zero-order valence-corrected chi connectivity index (χ0v) is 14.7. The maximum atomic E-state index is 6.02. The second kappa shape index (κ2) is 7.05. The third-order valence-electron chi connectivity index (χ3n) is 2.84. The van der Waals surface area contributed by atoms with E-state index in [9.17, 15) is 0 Å². The Morgan fingerprint density at radius 3 is 2.48 bits per heavy atom. The van der Waals surface area contributed by atoms with Crippen LogP contribution in [0.5, 0.6) is 0 Å². The van der Waals surface area contributed by atoms with E-state index >= 15 is 0 Å². The molecule has 0 atom stereocenters. The Morgan fingerprint density at radius 1 is 1.10 bits per heavy atom. The SMILES string of the molecule is CC(C)(C)NCCc1nnc(Cc2ccc(Cl)c(Cl)c2)s1. The molecule has 1 aromatic carbocycles. The summed E-state index contributed by atoms with van der Waals surface area (Å²) in [6.45, 7) is 7.37. The van der Waals surface area contributed by atoms with Crippen molar-refractivity contribution in [2.75, 3.05) is 6.54 Å². The first kappa shape index (κ1) is 16.7. The third kappa shape index (κ3) is 5.55. The standard InChI is InChI=1S/C15H19Cl2N3S/c1-15(2,3)18-7-6-13-19-20-14(21-13)9-10-4-5-11(16)12(17)8-10/h4-5,8,18H,6-7,9H2,1-3H3. The molecule has 2 rings (SSSR count). The van der Waals surface area contributed by atoms with Gasteiger partial charge in [-0.15, -0.1) is 21.5 Å². The van der Waals surface area contributed by atoms with Gasteiger partial charge >= 0.3 is 0 Å². The summed E-state index contributed by atoms with van der Waals surface area (Å²) in [5.74, 6) is 0. The van der Waals surface area contributed by atoms with Crippen LogP contribution in [0.15, 0.2) is 18.2 Å². The molecule has 0 radical (unpaired) electrons. The summed E-state index contributed by atoms with van der Waals surface area (Å²) in [6.07, 6.45) is 1.64. The van der Waals surface area contributed by atoms with Crippen molar-refractivity contribution in [1.82, 2.24) is 15.5 Å². The monoisotopic (exact) mass is 343 g/mol. The number of aromatic nitrogens is 2. The molecule has 0 saturated carbocycles. The Balaban J connectivity index is 1.92. The summed E-state index contributed by atoms with van der Waals surface area (Å²) in [4.78, 5) is 0. The third-order valence-corrected chi connectivity index (χ3v) is 4.56. The fourth-order valence-corrected chi connectivity index (χ4v) is 3.03. The summed E-state index contributed by atoms with van der Waals surface area (Å²) in [6, 6.07) is 5.66. The molecular weight excluding hydrogens is 325 g/mol. The first-order valence-corrected chi connectivity index (χ1v) is 8.41. The highest BCUT2D eigenvalue weighted by Gasteiger charge is 2.10. The Kier molecular flexibility index (Phi) is 5.60. The molecule has 0 bridgehead atoms. The average Bonchev–Trinajstić information content (AvgIpc) is 2.80. The van der Waals surface area contributed by atoms with Crippen molar-refractivity contribution in [3.63, 3.8) is 0 Å². The van der Waals surface area contributed by atoms with Crippen LogP contribution in [0.25, 0.3) is 0 Å². The molecule has 0 saturated heterocycles. The van der Waals surface area contributed by atoms with E-state index in [4.69, 9.17) is 23.2 Å². The maximum Gasteiger partial charge on any atom is 0.121 e. The van der Waals surface area contributed by atoms with Gasteiger partial charge in [0.05, 0.1) is 10.0 Å². The van der Waals surface area contributed by atoms with Gasteiger partial charge in [0.2, 0.25) is 0 Å². The van der Waals surface area contributed by atoms with Crippen LogP contribution in [-0.4, -0.2) is 22.3 Å². The van der Waals surface area contributed by atoms with Crippen LogP contribution in [0.1, 0.15) is 36.3 Å². The Bertz CT molecular complexity index is 605. The van der Waals surface area contributed by atoms with Crippen molar-refractivity contribution >= 4 is 34.5 Å². The zero-order valence-electron chi connectivity index (χ0n) is 12.4. The predicted octanol–water partition coefficient (Wildman–Crippen LogP) is 4.37. The molecule has 0 amide bonds. The van der Waals surface area contributed by atoms with Crippen molar-refractivity contribution < 1.29 is 0 Å². The van der Waals surface area contributed by atoms with Crippen molar-refractivity contribution in [3.8, 4) is 0 Å². The van der Waals surface area contributed by atoms with Gasteiger partial charge in [-0.1, -0.05) is 29.3 Å². The topological polar surface area (TPSA) is 37.8 Å². The van der Waals surface area contributed by atoms with Crippen LogP contribution < -0.4 is 5.32 Å². The minimum Gasteiger partial charge on any atom is -0.312 e. The van der Waals surface area contributed by atoms with E-state index in [1.807, 2.05) is 18.2 Å². The van der Waals surface area contributed by atoms with E-state index in [1.165, 1.54) is 0 Å². The predicted molar refractivity (Wildman–Crippen MR) is 90.6 cm³/mol. The van der Waals surface area contributed by atoms with Gasteiger partial charge < -0.3 is 5.32 Å². The van der Waals surface area contributed by atoms with Crippen molar-refractivity contribution in [2.24, 2.45) is 0 Å². The Morgan fingerprint density at radius 2 is 1.81 bits per heavy atom. The van der Waals surface area contributed by atoms with E-state index in [-0.39, 0.29) is 5.54 Å². The van der Waals surface area contributed by atoms with E-state index in [0.717, 1.165) is 35.0 Å². The minimum absolute atomic E-state index is 0.133. The highest BCUT2D eigenvalue weighted by atomic mass is 35.5. The quantitative estimate of drug-likeness (QED) is 0.875. The number of benzene rings is 1. The molecule has 2 aromatic rings. The molecule has 6 heteroatoms. The van der Waals surface area contributed by atoms with Gasteiger partial charge in [0.1, 0.15) is 10.0 Å². The summed E-state index contributed by atoms with van der Waals surface area (Å²) < 4.78 is 0. The molecule has 1 aromatic heterocycles. The summed E-state index contributed by atoms with van der Waals surface area (Å²) in [7, 11) is 0. The van der Waals surface area contributed by atoms with Gasteiger partial charge in [-0.2, -0.15) is 0 Å².